The number of hydrogen-bond acceptors (Lipinski definition) is 4. The highest BCUT2D eigenvalue weighted by atomic mass is 16.5. The highest BCUT2D eigenvalue weighted by molar-refractivity contribution is 5.78. The largest absolute Gasteiger partial charge is 0.378 e. The Bertz CT molecular complexity index is 566. The minimum Gasteiger partial charge on any atom is -0.378 e. The molecule has 0 amide bonds. The third kappa shape index (κ3) is 2.98. The molecule has 0 aliphatic carbocycles. The monoisotopic (exact) mass is 271 g/mol. The number of fused-ring (bicyclic) bond motifs is 1. The van der Waals surface area contributed by atoms with Gasteiger partial charge in [0.2, 0.25) is 0 Å². The lowest BCUT2D eigenvalue weighted by molar-refractivity contribution is 0.0996. The molecule has 1 aliphatic heterocycles. The maximum absolute atomic E-state index is 5.72. The Morgan fingerprint density at radius 2 is 2.30 bits per heavy atom. The number of hydrazine groups is 1. The van der Waals surface area contributed by atoms with E-state index >= 15 is 0 Å². The second kappa shape index (κ2) is 6.31. The molecule has 3 rings (SSSR count). The number of benzene rings is 1. The van der Waals surface area contributed by atoms with E-state index in [4.69, 9.17) is 10.6 Å². The summed E-state index contributed by atoms with van der Waals surface area (Å²) in [5.74, 6) is 5.72. The molecule has 4 heteroatoms. The van der Waals surface area contributed by atoms with Crippen molar-refractivity contribution in [1.82, 2.24) is 10.4 Å². The van der Waals surface area contributed by atoms with Crippen LogP contribution in [0.4, 0.5) is 0 Å². The SMILES string of the molecule is NNC(CCC1CCCO1)c1cnc2ccccc2c1. The van der Waals surface area contributed by atoms with Gasteiger partial charge in [-0.25, -0.2) is 0 Å². The summed E-state index contributed by atoms with van der Waals surface area (Å²) in [5, 5.41) is 1.15. The van der Waals surface area contributed by atoms with Crippen LogP contribution in [-0.4, -0.2) is 17.7 Å². The lowest BCUT2D eigenvalue weighted by atomic mass is 10.00. The molecule has 1 aromatic carbocycles. The van der Waals surface area contributed by atoms with E-state index in [1.54, 1.807) is 0 Å². The average molecular weight is 271 g/mol. The Labute approximate surface area is 119 Å². The van der Waals surface area contributed by atoms with Crippen molar-refractivity contribution in [2.75, 3.05) is 6.61 Å². The number of hydrogen-bond donors (Lipinski definition) is 2. The van der Waals surface area contributed by atoms with Crippen LogP contribution in [0.25, 0.3) is 10.9 Å². The third-order valence-electron chi connectivity index (χ3n) is 4.02. The Balaban J connectivity index is 1.72. The zero-order chi connectivity index (χ0) is 13.8. The van der Waals surface area contributed by atoms with Crippen LogP contribution < -0.4 is 11.3 Å². The number of nitrogens with one attached hydrogen (secondary N) is 1. The quantitative estimate of drug-likeness (QED) is 0.648. The summed E-state index contributed by atoms with van der Waals surface area (Å²) in [6, 6.07) is 10.4. The Morgan fingerprint density at radius 3 is 3.10 bits per heavy atom. The molecule has 2 atom stereocenters. The Hall–Kier alpha value is -1.49. The second-order valence-electron chi connectivity index (χ2n) is 5.39. The highest BCUT2D eigenvalue weighted by Crippen LogP contribution is 2.25. The smallest absolute Gasteiger partial charge is 0.0702 e. The van der Waals surface area contributed by atoms with E-state index in [0.717, 1.165) is 35.9 Å². The molecule has 1 aliphatic rings. The molecule has 1 aromatic heterocycles. The number of nitrogens with zero attached hydrogens (tertiary/aromatic N) is 1. The van der Waals surface area contributed by atoms with Gasteiger partial charge in [0.05, 0.1) is 11.6 Å². The fourth-order valence-corrected chi connectivity index (χ4v) is 2.85. The number of ether oxygens (including phenoxy) is 1. The van der Waals surface area contributed by atoms with E-state index in [1.807, 2.05) is 24.4 Å². The van der Waals surface area contributed by atoms with Gasteiger partial charge in [-0.2, -0.15) is 0 Å². The van der Waals surface area contributed by atoms with Gasteiger partial charge in [-0.3, -0.25) is 16.3 Å². The van der Waals surface area contributed by atoms with Crippen LogP contribution in [-0.2, 0) is 4.74 Å². The number of rotatable bonds is 5. The first-order chi connectivity index (χ1) is 9.86. The van der Waals surface area contributed by atoms with E-state index in [9.17, 15) is 0 Å². The van der Waals surface area contributed by atoms with Gasteiger partial charge in [-0.05, 0) is 43.4 Å². The van der Waals surface area contributed by atoms with Gasteiger partial charge in [0, 0.05) is 24.2 Å². The maximum atomic E-state index is 5.72. The van der Waals surface area contributed by atoms with Gasteiger partial charge < -0.3 is 4.74 Å². The fraction of sp³-hybridized carbons (Fsp3) is 0.438. The number of aromatic nitrogens is 1. The molecule has 106 valence electrons. The minimum atomic E-state index is 0.135. The first-order valence-corrected chi connectivity index (χ1v) is 7.29. The average Bonchev–Trinajstić information content (AvgIpc) is 3.01. The molecule has 0 bridgehead atoms. The maximum Gasteiger partial charge on any atom is 0.0702 e. The van der Waals surface area contributed by atoms with Gasteiger partial charge in [-0.1, -0.05) is 18.2 Å². The van der Waals surface area contributed by atoms with Crippen LogP contribution in [0.2, 0.25) is 0 Å². The first-order valence-electron chi connectivity index (χ1n) is 7.29. The first kappa shape index (κ1) is 13.5. The van der Waals surface area contributed by atoms with Crippen LogP contribution in [0, 0.1) is 0 Å². The van der Waals surface area contributed by atoms with Crippen LogP contribution >= 0.6 is 0 Å². The van der Waals surface area contributed by atoms with Gasteiger partial charge >= 0.3 is 0 Å². The molecule has 1 saturated heterocycles. The van der Waals surface area contributed by atoms with Gasteiger partial charge in [-0.15, -0.1) is 0 Å². The molecule has 1 fully saturated rings. The number of nitrogens with two attached hydrogens (primary N) is 1. The molecule has 0 saturated carbocycles. The molecular weight excluding hydrogens is 250 g/mol. The van der Waals surface area contributed by atoms with Crippen LogP contribution in [0.5, 0.6) is 0 Å². The van der Waals surface area contributed by atoms with Crippen LogP contribution in [0.3, 0.4) is 0 Å². The lowest BCUT2D eigenvalue weighted by Crippen LogP contribution is -2.29. The number of para-hydroxylation sites is 1. The topological polar surface area (TPSA) is 60.2 Å². The van der Waals surface area contributed by atoms with Gasteiger partial charge in [0.15, 0.2) is 0 Å². The van der Waals surface area contributed by atoms with E-state index in [1.165, 1.54) is 12.8 Å². The third-order valence-corrected chi connectivity index (χ3v) is 4.02. The van der Waals surface area contributed by atoms with Crippen LogP contribution in [0.1, 0.15) is 37.3 Å². The zero-order valence-corrected chi connectivity index (χ0v) is 11.6. The van der Waals surface area contributed by atoms with Crippen molar-refractivity contribution in [1.29, 1.82) is 0 Å². The molecule has 0 spiro atoms. The molecule has 3 N–H and O–H groups in total. The minimum absolute atomic E-state index is 0.135. The van der Waals surface area contributed by atoms with Crippen molar-refractivity contribution in [3.05, 3.63) is 42.1 Å². The molecule has 2 aromatic rings. The summed E-state index contributed by atoms with van der Waals surface area (Å²) >= 11 is 0. The fourth-order valence-electron chi connectivity index (χ4n) is 2.85. The Morgan fingerprint density at radius 1 is 1.40 bits per heavy atom. The lowest BCUT2D eigenvalue weighted by Gasteiger charge is -2.18. The standard InChI is InChI=1S/C16H21N3O/c17-19-16(8-7-14-5-3-9-20-14)13-10-12-4-1-2-6-15(12)18-11-13/h1-2,4,6,10-11,14,16,19H,3,5,7-9,17H2. The highest BCUT2D eigenvalue weighted by Gasteiger charge is 2.18. The molecule has 2 heterocycles. The molecular formula is C16H21N3O. The van der Waals surface area contributed by atoms with E-state index in [0.29, 0.717) is 6.10 Å². The molecule has 2 unspecified atom stereocenters. The predicted octanol–water partition coefficient (Wildman–Crippen LogP) is 2.70. The summed E-state index contributed by atoms with van der Waals surface area (Å²) in [5.41, 5.74) is 5.07. The van der Waals surface area contributed by atoms with E-state index in [2.05, 4.69) is 22.5 Å². The van der Waals surface area contributed by atoms with Crippen molar-refractivity contribution in [3.8, 4) is 0 Å². The van der Waals surface area contributed by atoms with Gasteiger partial charge in [0.25, 0.3) is 0 Å². The predicted molar refractivity (Wildman–Crippen MR) is 80.0 cm³/mol. The van der Waals surface area contributed by atoms with Crippen molar-refractivity contribution in [2.45, 2.75) is 37.8 Å². The summed E-state index contributed by atoms with van der Waals surface area (Å²) in [6.45, 7) is 0.906. The second-order valence-corrected chi connectivity index (χ2v) is 5.39. The Kier molecular flexibility index (Phi) is 4.25. The molecule has 4 nitrogen and oxygen atoms in total. The van der Waals surface area contributed by atoms with Crippen molar-refractivity contribution < 1.29 is 4.74 Å². The summed E-state index contributed by atoms with van der Waals surface area (Å²) in [7, 11) is 0. The van der Waals surface area contributed by atoms with Crippen molar-refractivity contribution >= 4 is 10.9 Å². The van der Waals surface area contributed by atoms with E-state index in [-0.39, 0.29) is 6.04 Å². The molecule has 0 radical (unpaired) electrons. The zero-order valence-electron chi connectivity index (χ0n) is 11.6. The number of pyridine rings is 1. The van der Waals surface area contributed by atoms with Crippen molar-refractivity contribution in [2.24, 2.45) is 5.84 Å². The summed E-state index contributed by atoms with van der Waals surface area (Å²) in [6.07, 6.45) is 6.70. The normalized spacial score (nSPS) is 20.4. The summed E-state index contributed by atoms with van der Waals surface area (Å²) < 4.78 is 5.67. The summed E-state index contributed by atoms with van der Waals surface area (Å²) in [4.78, 5) is 4.50. The molecule has 20 heavy (non-hydrogen) atoms. The van der Waals surface area contributed by atoms with Gasteiger partial charge in [0.1, 0.15) is 0 Å². The van der Waals surface area contributed by atoms with E-state index < -0.39 is 0 Å². The van der Waals surface area contributed by atoms with Crippen LogP contribution in [0.15, 0.2) is 36.5 Å². The van der Waals surface area contributed by atoms with Crippen molar-refractivity contribution in [3.63, 3.8) is 0 Å².